The highest BCUT2D eigenvalue weighted by Gasteiger charge is 2.33. The second kappa shape index (κ2) is 45.1. The van der Waals surface area contributed by atoms with Gasteiger partial charge in [0.1, 0.15) is 45.8 Å². The number of H-pyrrole nitrogens is 5. The summed E-state index contributed by atoms with van der Waals surface area (Å²) in [5.74, 6) is 2.75. The number of aromatic nitrogens is 10. The smallest absolute Gasteiger partial charge is 0.416 e. The van der Waals surface area contributed by atoms with Gasteiger partial charge in [0, 0.05) is 40.7 Å². The second-order valence-corrected chi connectivity index (χ2v) is 33.8. The molecule has 726 valence electrons. The summed E-state index contributed by atoms with van der Waals surface area (Å²) in [5, 5.41) is 73.2. The fraction of sp³-hybridized carbons (Fsp3) is 0.211. The minimum absolute atomic E-state index is 0.00194. The first-order valence-corrected chi connectivity index (χ1v) is 45.8. The van der Waals surface area contributed by atoms with Crippen LogP contribution in [0.4, 0.5) is 17.6 Å². The number of aliphatic hydroxyl groups is 2. The number of benzene rings is 11. The minimum atomic E-state index is -4.42. The van der Waals surface area contributed by atoms with E-state index in [1.807, 2.05) is 176 Å². The molecule has 16 aromatic rings. The lowest BCUT2D eigenvalue weighted by atomic mass is 10.1. The molecule has 0 bridgehead atoms. The van der Waals surface area contributed by atoms with Crippen molar-refractivity contribution in [3.63, 3.8) is 0 Å². The topological polar surface area (TPSA) is 394 Å². The number of fused-ring (bicyclic) bond motifs is 5. The van der Waals surface area contributed by atoms with E-state index >= 15 is 0 Å². The number of carbonyl (C=O) groups is 5. The van der Waals surface area contributed by atoms with Gasteiger partial charge in [0.25, 0.3) is 29.5 Å². The van der Waals surface area contributed by atoms with Crippen LogP contribution in [0.3, 0.4) is 0 Å². The van der Waals surface area contributed by atoms with Crippen LogP contribution in [0.5, 0.6) is 40.2 Å². The average Bonchev–Trinajstić information content (AvgIpc) is 1.64. The fourth-order valence-electron chi connectivity index (χ4n) is 15.7. The molecule has 142 heavy (non-hydrogen) atoms. The first kappa shape index (κ1) is 98.1. The SMILES string of the molecule is COc1c(C(=O)NC2CC2)ccc2n[nH]c(/C=C/c3cccc(CO)c3)c12.COc1ccc(/C=C/c2[nH]nc3ccc(C(=O)NC4CC4)c(OC)c23)cc1.COc1cccc(/C=C/c2[nH]nc3ccc(C(=O)NC4CC4)c(OC)c23)c1.COc1ccccc1/C=C/c1[nH]nc2ccc(C(=O)NC3CC3)c(OC)c12.O=C(N[C@H](CO)c1ccccc1)c1cc(F)c2n[nH]c(/C=C/c3ccc(C(F)(F)F)cc3)c2c1. The zero-order chi connectivity index (χ0) is 99.5. The molecule has 4 saturated carbocycles. The van der Waals surface area contributed by atoms with Crippen LogP contribution < -0.4 is 59.7 Å². The molecule has 11 aromatic carbocycles. The van der Waals surface area contributed by atoms with Gasteiger partial charge in [0.2, 0.25) is 0 Å². The van der Waals surface area contributed by atoms with Gasteiger partial charge in [0.15, 0.2) is 5.82 Å². The number of hydrogen-bond acceptors (Lipinski definition) is 19. The van der Waals surface area contributed by atoms with Crippen LogP contribution >= 0.6 is 0 Å². The molecule has 0 radical (unpaired) electrons. The molecule has 4 aliphatic carbocycles. The van der Waals surface area contributed by atoms with Crippen molar-refractivity contribution in [2.24, 2.45) is 0 Å². The van der Waals surface area contributed by atoms with Gasteiger partial charge in [-0.3, -0.25) is 49.5 Å². The molecule has 5 heterocycles. The number of amides is 5. The molecule has 0 unspecified atom stereocenters. The van der Waals surface area contributed by atoms with E-state index in [1.54, 1.807) is 110 Å². The Hall–Kier alpha value is -16.9. The van der Waals surface area contributed by atoms with E-state index in [9.17, 15) is 51.7 Å². The number of aliphatic hydroxyl groups excluding tert-OH is 2. The van der Waals surface area contributed by atoms with Crippen LogP contribution in [0.15, 0.2) is 212 Å². The van der Waals surface area contributed by atoms with E-state index in [1.165, 1.54) is 18.2 Å². The number of halogens is 4. The van der Waals surface area contributed by atoms with Crippen LogP contribution in [-0.2, 0) is 12.8 Å². The Morgan fingerprint density at radius 1 is 0.380 bits per heavy atom. The summed E-state index contributed by atoms with van der Waals surface area (Å²) in [4.78, 5) is 63.0. The molecular weight excluding hydrogens is 1820 g/mol. The van der Waals surface area contributed by atoms with Crippen molar-refractivity contribution in [2.75, 3.05) is 56.4 Å². The normalized spacial score (nSPS) is 13.6. The summed E-state index contributed by atoms with van der Waals surface area (Å²) in [7, 11) is 11.2. The number of carbonyl (C=O) groups excluding carboxylic acids is 5. The van der Waals surface area contributed by atoms with Crippen LogP contribution in [0, 0.1) is 5.82 Å². The number of aromatic amines is 5. The zero-order valence-corrected chi connectivity index (χ0v) is 78.5. The lowest BCUT2D eigenvalue weighted by Gasteiger charge is -2.16. The molecule has 4 fully saturated rings. The molecular formula is C109H103F4N15O14. The fourth-order valence-corrected chi connectivity index (χ4v) is 15.7. The summed E-state index contributed by atoms with van der Waals surface area (Å²) in [6.45, 7) is -0.338. The third kappa shape index (κ3) is 24.1. The van der Waals surface area contributed by atoms with Crippen molar-refractivity contribution in [3.05, 3.63) is 319 Å². The maximum atomic E-state index is 14.6. The Kier molecular flexibility index (Phi) is 31.2. The maximum Gasteiger partial charge on any atom is 0.416 e. The largest absolute Gasteiger partial charge is 0.497 e. The number of hydrogen-bond donors (Lipinski definition) is 12. The van der Waals surface area contributed by atoms with Crippen LogP contribution in [0.2, 0.25) is 0 Å². The summed E-state index contributed by atoms with van der Waals surface area (Å²) in [6, 6.07) is 61.7. The van der Waals surface area contributed by atoms with Gasteiger partial charge in [-0.15, -0.1) is 0 Å². The number of rotatable bonds is 30. The van der Waals surface area contributed by atoms with E-state index in [2.05, 4.69) is 77.6 Å². The molecule has 20 rings (SSSR count). The molecule has 5 amide bonds. The Labute approximate surface area is 812 Å². The van der Waals surface area contributed by atoms with E-state index in [0.717, 1.165) is 181 Å². The van der Waals surface area contributed by atoms with E-state index in [4.69, 9.17) is 33.2 Å². The van der Waals surface area contributed by atoms with Gasteiger partial charge in [-0.05, 0) is 230 Å². The van der Waals surface area contributed by atoms with Gasteiger partial charge in [-0.1, -0.05) is 127 Å². The number of alkyl halides is 3. The monoisotopic (exact) mass is 1920 g/mol. The minimum Gasteiger partial charge on any atom is -0.497 e. The quantitative estimate of drug-likeness (QED) is 0.0186. The highest BCUT2D eigenvalue weighted by atomic mass is 19.4. The maximum absolute atomic E-state index is 14.6. The number of para-hydroxylation sites is 1. The summed E-state index contributed by atoms with van der Waals surface area (Å²) < 4.78 is 91.0. The van der Waals surface area contributed by atoms with Crippen molar-refractivity contribution >= 4 is 145 Å². The Bertz CT molecular complexity index is 7250. The third-order valence-corrected chi connectivity index (χ3v) is 23.8. The lowest BCUT2D eigenvalue weighted by Crippen LogP contribution is -2.30. The molecule has 4 aliphatic rings. The second-order valence-electron chi connectivity index (χ2n) is 33.8. The van der Waals surface area contributed by atoms with Crippen molar-refractivity contribution in [1.82, 2.24) is 77.6 Å². The van der Waals surface area contributed by atoms with Gasteiger partial charge in [-0.2, -0.15) is 38.7 Å². The van der Waals surface area contributed by atoms with Crippen molar-refractivity contribution in [1.29, 1.82) is 0 Å². The summed E-state index contributed by atoms with van der Waals surface area (Å²) in [6.07, 6.45) is 22.4. The summed E-state index contributed by atoms with van der Waals surface area (Å²) >= 11 is 0. The van der Waals surface area contributed by atoms with Gasteiger partial charge < -0.3 is 70.0 Å². The number of nitrogens with zero attached hydrogens (tertiary/aromatic N) is 5. The van der Waals surface area contributed by atoms with Crippen LogP contribution in [0.25, 0.3) is 115 Å². The van der Waals surface area contributed by atoms with Crippen molar-refractivity contribution < 1.29 is 84.9 Å². The first-order chi connectivity index (χ1) is 69.0. The highest BCUT2D eigenvalue weighted by Crippen LogP contribution is 2.40. The molecule has 29 nitrogen and oxygen atoms in total. The zero-order valence-electron chi connectivity index (χ0n) is 78.5. The predicted octanol–water partition coefficient (Wildman–Crippen LogP) is 19.4. The van der Waals surface area contributed by atoms with Crippen LogP contribution in [0.1, 0.15) is 182 Å². The van der Waals surface area contributed by atoms with Crippen molar-refractivity contribution in [2.45, 2.75) is 94.4 Å². The van der Waals surface area contributed by atoms with Gasteiger partial charge in [0.05, 0.1) is 169 Å². The predicted molar refractivity (Wildman–Crippen MR) is 540 cm³/mol. The average molecular weight is 1920 g/mol. The van der Waals surface area contributed by atoms with Gasteiger partial charge in [-0.25, -0.2) is 4.39 Å². The van der Waals surface area contributed by atoms with E-state index < -0.39 is 29.5 Å². The standard InChI is InChI=1S/C25H19F4N3O2.4C21H21N3O3/c26-20-13-17(24(34)30-22(14-33)16-4-2-1-3-5-16)12-19-21(31-32-23(19)20)11-8-15-6-9-18(10-7-15)25(27,28)29;1-26-15-8-3-13(4-9-15)5-11-17-19-18(24-23-17)12-10-16(20(19)27-2)21(25)22-14-6-7-14;1-26-15-5-3-4-13(12-15)6-10-17-19-18(24-23-17)11-9-16(20(19)27-2)21(25)22-14-7-8-14;1-26-18-6-4-3-5-13(18)7-11-16-19-17(24-23-16)12-10-15(20(19)27-2)21(25)22-14-8-9-14;1-27-20-16(21(26)22-15-6-7-15)8-10-18-19(20)17(23-24-18)9-5-13-3-2-4-14(11-13)12-25/h1-13,22,33H,14H2,(H,30,34)(H,31,32);3-5,8-12,14H,6-7H2,1-2H3,(H,22,25)(H,23,24);3-6,9-12,14H,7-8H2,1-2H3,(H,22,25)(H,23,24);3-7,10-12,14H,8-9H2,1-2H3,(H,22,25)(H,23,24);2-5,8-11,15,25H,6-7,12H2,1H3,(H,22,26)(H,23,24)/b11-8+;11-5+;10-6+;11-7+;9-5+/t22-;;;;/m1..../s1. The molecule has 1 atom stereocenters. The Morgan fingerprint density at radius 3 is 1.18 bits per heavy atom. The Balaban J connectivity index is 0.000000128. The highest BCUT2D eigenvalue weighted by molar-refractivity contribution is 6.10. The first-order valence-electron chi connectivity index (χ1n) is 45.8. The summed E-state index contributed by atoms with van der Waals surface area (Å²) in [5.41, 5.74) is 13.8. The third-order valence-electron chi connectivity index (χ3n) is 23.8. The Morgan fingerprint density at radius 2 is 0.775 bits per heavy atom. The van der Waals surface area contributed by atoms with E-state index in [0.29, 0.717) is 67.5 Å². The van der Waals surface area contributed by atoms with Gasteiger partial charge >= 0.3 is 6.18 Å². The van der Waals surface area contributed by atoms with E-state index in [-0.39, 0.29) is 72.1 Å². The molecule has 0 saturated heterocycles. The van der Waals surface area contributed by atoms with Crippen molar-refractivity contribution in [3.8, 4) is 40.2 Å². The molecule has 0 aliphatic heterocycles. The van der Waals surface area contributed by atoms with Crippen LogP contribution in [-0.4, -0.2) is 171 Å². The number of ether oxygens (including phenoxy) is 7. The molecule has 0 spiro atoms. The molecule has 5 aromatic heterocycles. The number of nitrogens with one attached hydrogen (secondary N) is 10. The number of methoxy groups -OCH3 is 7. The molecule has 33 heteroatoms. The molecule has 12 N–H and O–H groups in total. The lowest BCUT2D eigenvalue weighted by molar-refractivity contribution is -0.137.